The van der Waals surface area contributed by atoms with Crippen LogP contribution in [0.2, 0.25) is 0 Å². The van der Waals surface area contributed by atoms with Gasteiger partial charge in [0.2, 0.25) is 0 Å². The Bertz CT molecular complexity index is 441. The van der Waals surface area contributed by atoms with Crippen molar-refractivity contribution in [1.29, 1.82) is 0 Å². The van der Waals surface area contributed by atoms with Gasteiger partial charge in [-0.1, -0.05) is 18.9 Å². The Morgan fingerprint density at radius 2 is 1.86 bits per heavy atom. The lowest BCUT2D eigenvalue weighted by molar-refractivity contribution is 0.0257. The summed E-state index contributed by atoms with van der Waals surface area (Å²) in [6, 6.07) is 4.18. The third kappa shape index (κ3) is 3.00. The average Bonchev–Trinajstić information content (AvgIpc) is 2.98. The summed E-state index contributed by atoms with van der Waals surface area (Å²) in [6.07, 6.45) is 14.9. The maximum Gasteiger partial charge on any atom is 0.0332 e. The van der Waals surface area contributed by atoms with Crippen molar-refractivity contribution in [3.05, 3.63) is 30.1 Å². The lowest BCUT2D eigenvalue weighted by Gasteiger charge is -2.49. The smallest absolute Gasteiger partial charge is 0.0332 e. The van der Waals surface area contributed by atoms with Gasteiger partial charge in [-0.25, -0.2) is 0 Å². The molecule has 1 aromatic heterocycles. The van der Waals surface area contributed by atoms with Gasteiger partial charge in [0.15, 0.2) is 0 Å². The molecule has 1 heterocycles. The topological polar surface area (TPSA) is 42.2 Å². The number of nitrogens with zero attached hydrogens (tertiary/aromatic N) is 2. The van der Waals surface area contributed by atoms with Gasteiger partial charge in [-0.05, 0) is 62.6 Å². The molecule has 0 radical (unpaired) electrons. The van der Waals surface area contributed by atoms with Crippen molar-refractivity contribution in [2.75, 3.05) is 13.6 Å². The maximum absolute atomic E-state index is 6.22. The molecule has 2 aliphatic rings. The Hall–Kier alpha value is -0.930. The molecule has 1 aromatic rings. The van der Waals surface area contributed by atoms with Crippen LogP contribution < -0.4 is 5.73 Å². The molecule has 0 aliphatic heterocycles. The second-order valence-electron chi connectivity index (χ2n) is 7.35. The molecule has 0 atom stereocenters. The minimum atomic E-state index is 0.198. The molecule has 2 fully saturated rings. The highest BCUT2D eigenvalue weighted by atomic mass is 15.2. The molecule has 0 unspecified atom stereocenters. The molecule has 1 spiro atoms. The van der Waals surface area contributed by atoms with E-state index in [1.807, 2.05) is 18.5 Å². The SMILES string of the molecule is CN(Cc1cccnc1)C1(CN)CCC2(CCCC2)CC1. The highest BCUT2D eigenvalue weighted by molar-refractivity contribution is 5.10. The summed E-state index contributed by atoms with van der Waals surface area (Å²) in [6.45, 7) is 1.73. The van der Waals surface area contributed by atoms with Gasteiger partial charge in [0, 0.05) is 31.0 Å². The van der Waals surface area contributed by atoms with Crippen LogP contribution >= 0.6 is 0 Å². The van der Waals surface area contributed by atoms with Crippen LogP contribution in [0, 0.1) is 5.41 Å². The van der Waals surface area contributed by atoms with Gasteiger partial charge in [0.25, 0.3) is 0 Å². The molecule has 0 aromatic carbocycles. The second-order valence-corrected chi connectivity index (χ2v) is 7.35. The molecule has 3 nitrogen and oxygen atoms in total. The highest BCUT2D eigenvalue weighted by Crippen LogP contribution is 2.52. The van der Waals surface area contributed by atoms with E-state index in [0.29, 0.717) is 5.41 Å². The molecule has 3 heteroatoms. The zero-order valence-corrected chi connectivity index (χ0v) is 13.4. The number of pyridine rings is 1. The summed E-state index contributed by atoms with van der Waals surface area (Å²) in [5.41, 5.74) is 8.38. The van der Waals surface area contributed by atoms with Gasteiger partial charge in [-0.3, -0.25) is 9.88 Å². The van der Waals surface area contributed by atoms with Crippen molar-refractivity contribution in [3.8, 4) is 0 Å². The van der Waals surface area contributed by atoms with Crippen LogP contribution in [0.25, 0.3) is 0 Å². The first-order chi connectivity index (χ1) is 10.2. The first-order valence-electron chi connectivity index (χ1n) is 8.48. The van der Waals surface area contributed by atoms with E-state index in [9.17, 15) is 0 Å². The molecule has 3 rings (SSSR count). The first kappa shape index (κ1) is 15.0. The van der Waals surface area contributed by atoms with Crippen LogP contribution in [-0.4, -0.2) is 29.0 Å². The fourth-order valence-corrected chi connectivity index (χ4v) is 4.55. The summed E-state index contributed by atoms with van der Waals surface area (Å²) < 4.78 is 0. The average molecular weight is 287 g/mol. The number of hydrogen-bond donors (Lipinski definition) is 1. The maximum atomic E-state index is 6.22. The quantitative estimate of drug-likeness (QED) is 0.923. The number of rotatable bonds is 4. The predicted octanol–water partition coefficient (Wildman–Crippen LogP) is 3.35. The van der Waals surface area contributed by atoms with E-state index in [4.69, 9.17) is 5.73 Å². The normalized spacial score (nSPS) is 23.8. The van der Waals surface area contributed by atoms with Gasteiger partial charge < -0.3 is 5.73 Å². The first-order valence-corrected chi connectivity index (χ1v) is 8.48. The second kappa shape index (κ2) is 6.05. The lowest BCUT2D eigenvalue weighted by atomic mass is 9.66. The summed E-state index contributed by atoms with van der Waals surface area (Å²) in [5.74, 6) is 0. The Balaban J connectivity index is 1.66. The molecule has 2 N–H and O–H groups in total. The minimum Gasteiger partial charge on any atom is -0.329 e. The Kier molecular flexibility index (Phi) is 4.32. The summed E-state index contributed by atoms with van der Waals surface area (Å²) in [7, 11) is 2.24. The number of nitrogens with two attached hydrogens (primary N) is 1. The van der Waals surface area contributed by atoms with E-state index in [2.05, 4.69) is 23.0 Å². The van der Waals surface area contributed by atoms with Crippen molar-refractivity contribution < 1.29 is 0 Å². The number of hydrogen-bond acceptors (Lipinski definition) is 3. The standard InChI is InChI=1S/C18H29N3/c1-21(14-16-5-4-12-20-13-16)18(15-19)10-8-17(9-11-18)6-2-3-7-17/h4-5,12-13H,2-3,6-11,14-15,19H2,1H3. The number of likely N-dealkylation sites (N-methyl/N-ethyl adjacent to an activating group) is 1. The van der Waals surface area contributed by atoms with E-state index < -0.39 is 0 Å². The van der Waals surface area contributed by atoms with E-state index in [-0.39, 0.29) is 5.54 Å². The van der Waals surface area contributed by atoms with Crippen LogP contribution in [0.15, 0.2) is 24.5 Å². The molecule has 116 valence electrons. The summed E-state index contributed by atoms with van der Waals surface area (Å²) in [4.78, 5) is 6.72. The van der Waals surface area contributed by atoms with Gasteiger partial charge in [0.1, 0.15) is 0 Å². The Morgan fingerprint density at radius 3 is 2.43 bits per heavy atom. The van der Waals surface area contributed by atoms with Gasteiger partial charge >= 0.3 is 0 Å². The largest absolute Gasteiger partial charge is 0.329 e. The lowest BCUT2D eigenvalue weighted by Crippen LogP contribution is -2.54. The predicted molar refractivity (Wildman–Crippen MR) is 86.9 cm³/mol. The molecule has 2 aliphatic carbocycles. The fraction of sp³-hybridized carbons (Fsp3) is 0.722. The third-order valence-corrected chi connectivity index (χ3v) is 6.24. The molecule has 21 heavy (non-hydrogen) atoms. The van der Waals surface area contributed by atoms with Crippen molar-refractivity contribution in [3.63, 3.8) is 0 Å². The van der Waals surface area contributed by atoms with Gasteiger partial charge in [0.05, 0.1) is 0 Å². The molecule has 2 saturated carbocycles. The summed E-state index contributed by atoms with van der Waals surface area (Å²) in [5, 5.41) is 0. The van der Waals surface area contributed by atoms with Crippen molar-refractivity contribution in [2.24, 2.45) is 11.1 Å². The van der Waals surface area contributed by atoms with Crippen molar-refractivity contribution in [2.45, 2.75) is 63.5 Å². The zero-order valence-electron chi connectivity index (χ0n) is 13.4. The van der Waals surface area contributed by atoms with Crippen LogP contribution in [0.3, 0.4) is 0 Å². The van der Waals surface area contributed by atoms with Crippen LogP contribution in [0.5, 0.6) is 0 Å². The van der Waals surface area contributed by atoms with Crippen molar-refractivity contribution in [1.82, 2.24) is 9.88 Å². The van der Waals surface area contributed by atoms with Gasteiger partial charge in [-0.2, -0.15) is 0 Å². The van der Waals surface area contributed by atoms with E-state index >= 15 is 0 Å². The molecular formula is C18H29N3. The van der Waals surface area contributed by atoms with E-state index in [1.165, 1.54) is 56.9 Å². The molecule has 0 amide bonds. The van der Waals surface area contributed by atoms with Crippen molar-refractivity contribution >= 4 is 0 Å². The van der Waals surface area contributed by atoms with Crippen LogP contribution in [-0.2, 0) is 6.54 Å². The van der Waals surface area contributed by atoms with E-state index in [0.717, 1.165) is 13.1 Å². The zero-order chi connectivity index (χ0) is 14.8. The molecule has 0 saturated heterocycles. The highest BCUT2D eigenvalue weighted by Gasteiger charge is 2.44. The Labute approximate surface area is 128 Å². The molecule has 0 bridgehead atoms. The summed E-state index contributed by atoms with van der Waals surface area (Å²) >= 11 is 0. The number of aromatic nitrogens is 1. The van der Waals surface area contributed by atoms with Gasteiger partial charge in [-0.15, -0.1) is 0 Å². The minimum absolute atomic E-state index is 0.198. The Morgan fingerprint density at radius 1 is 1.14 bits per heavy atom. The molecular weight excluding hydrogens is 258 g/mol. The monoisotopic (exact) mass is 287 g/mol. The fourth-order valence-electron chi connectivity index (χ4n) is 4.55. The van der Waals surface area contributed by atoms with Crippen LogP contribution in [0.4, 0.5) is 0 Å². The van der Waals surface area contributed by atoms with E-state index in [1.54, 1.807) is 0 Å². The van der Waals surface area contributed by atoms with Crippen LogP contribution in [0.1, 0.15) is 56.9 Å². The third-order valence-electron chi connectivity index (χ3n) is 6.24.